The minimum Gasteiger partial charge on any atom is -0.303 e. The predicted octanol–water partition coefficient (Wildman–Crippen LogP) is 4.14. The van der Waals surface area contributed by atoms with Crippen LogP contribution in [0.25, 0.3) is 0 Å². The first-order chi connectivity index (χ1) is 9.60. The van der Waals surface area contributed by atoms with Crippen LogP contribution < -0.4 is 0 Å². The molecule has 0 amide bonds. The quantitative estimate of drug-likeness (QED) is 0.754. The fraction of sp³-hybridized carbons (Fsp3) is 0.944. The molecule has 2 heteroatoms. The van der Waals surface area contributed by atoms with Crippen LogP contribution >= 0.6 is 0 Å². The number of hydrogen-bond acceptors (Lipinski definition) is 2. The van der Waals surface area contributed by atoms with Gasteiger partial charge < -0.3 is 4.90 Å². The molecule has 2 aliphatic rings. The Labute approximate surface area is 125 Å². The van der Waals surface area contributed by atoms with E-state index in [9.17, 15) is 4.79 Å². The van der Waals surface area contributed by atoms with E-state index in [1.54, 1.807) is 0 Å². The van der Waals surface area contributed by atoms with Gasteiger partial charge in [0, 0.05) is 18.4 Å². The van der Waals surface area contributed by atoms with Crippen molar-refractivity contribution in [2.24, 2.45) is 23.7 Å². The van der Waals surface area contributed by atoms with Gasteiger partial charge in [-0.3, -0.25) is 4.79 Å². The summed E-state index contributed by atoms with van der Waals surface area (Å²) in [6, 6.07) is 0. The Bertz CT molecular complexity index is 297. The number of piperidine rings is 1. The molecular formula is C18H33NO. The van der Waals surface area contributed by atoms with Gasteiger partial charge in [0.1, 0.15) is 5.78 Å². The van der Waals surface area contributed by atoms with Crippen LogP contribution in [0, 0.1) is 23.7 Å². The first-order valence-corrected chi connectivity index (χ1v) is 8.86. The van der Waals surface area contributed by atoms with Crippen molar-refractivity contribution in [3.05, 3.63) is 0 Å². The maximum atomic E-state index is 12.0. The van der Waals surface area contributed by atoms with Gasteiger partial charge in [0.25, 0.3) is 0 Å². The zero-order chi connectivity index (χ0) is 14.5. The number of hydrogen-bond donors (Lipinski definition) is 0. The van der Waals surface area contributed by atoms with Crippen LogP contribution in [0.15, 0.2) is 0 Å². The third-order valence-electron chi connectivity index (χ3n) is 5.62. The van der Waals surface area contributed by atoms with E-state index in [2.05, 4.69) is 11.8 Å². The molecule has 0 bridgehead atoms. The molecule has 2 fully saturated rings. The van der Waals surface area contributed by atoms with Crippen molar-refractivity contribution >= 4 is 5.78 Å². The summed E-state index contributed by atoms with van der Waals surface area (Å²) in [5, 5.41) is 0. The Kier molecular flexibility index (Phi) is 6.07. The molecule has 0 aromatic rings. The SMILES string of the molecule is CCC1CCC(CN2CCC(C(=O)C(C)C)CC2)CC1. The topological polar surface area (TPSA) is 20.3 Å². The van der Waals surface area contributed by atoms with E-state index >= 15 is 0 Å². The van der Waals surface area contributed by atoms with Crippen molar-refractivity contribution in [3.8, 4) is 0 Å². The van der Waals surface area contributed by atoms with Crippen LogP contribution in [0.2, 0.25) is 0 Å². The van der Waals surface area contributed by atoms with Crippen molar-refractivity contribution < 1.29 is 4.79 Å². The highest BCUT2D eigenvalue weighted by atomic mass is 16.1. The average molecular weight is 279 g/mol. The summed E-state index contributed by atoms with van der Waals surface area (Å²) in [7, 11) is 0. The van der Waals surface area contributed by atoms with Crippen LogP contribution in [-0.2, 0) is 4.79 Å². The van der Waals surface area contributed by atoms with Crippen LogP contribution in [0.4, 0.5) is 0 Å². The molecule has 116 valence electrons. The fourth-order valence-corrected chi connectivity index (χ4v) is 4.06. The van der Waals surface area contributed by atoms with E-state index in [-0.39, 0.29) is 5.92 Å². The van der Waals surface area contributed by atoms with Crippen molar-refractivity contribution in [2.45, 2.75) is 65.7 Å². The minimum absolute atomic E-state index is 0.218. The molecule has 0 aromatic heterocycles. The Morgan fingerprint density at radius 1 is 1.00 bits per heavy atom. The molecule has 0 aromatic carbocycles. The van der Waals surface area contributed by atoms with Gasteiger partial charge in [0.15, 0.2) is 0 Å². The highest BCUT2D eigenvalue weighted by Gasteiger charge is 2.28. The highest BCUT2D eigenvalue weighted by Crippen LogP contribution is 2.32. The number of Topliss-reactive ketones (excluding diaryl/α,β-unsaturated/α-hetero) is 1. The normalized spacial score (nSPS) is 29.8. The van der Waals surface area contributed by atoms with Crippen LogP contribution in [0.3, 0.4) is 0 Å². The monoisotopic (exact) mass is 279 g/mol. The predicted molar refractivity (Wildman–Crippen MR) is 84.7 cm³/mol. The van der Waals surface area contributed by atoms with Gasteiger partial charge in [-0.05, 0) is 50.6 Å². The molecule has 1 aliphatic carbocycles. The van der Waals surface area contributed by atoms with E-state index in [0.29, 0.717) is 11.7 Å². The summed E-state index contributed by atoms with van der Waals surface area (Å²) in [6.07, 6.45) is 9.33. The Balaban J connectivity index is 1.68. The van der Waals surface area contributed by atoms with E-state index in [1.165, 1.54) is 38.6 Å². The van der Waals surface area contributed by atoms with Crippen LogP contribution in [0.5, 0.6) is 0 Å². The fourth-order valence-electron chi connectivity index (χ4n) is 4.06. The number of rotatable bonds is 5. The molecule has 1 aliphatic heterocycles. The van der Waals surface area contributed by atoms with Crippen molar-refractivity contribution in [2.75, 3.05) is 19.6 Å². The molecule has 1 heterocycles. The van der Waals surface area contributed by atoms with E-state index in [1.807, 2.05) is 13.8 Å². The summed E-state index contributed by atoms with van der Waals surface area (Å²) >= 11 is 0. The average Bonchev–Trinajstić information content (AvgIpc) is 2.48. The van der Waals surface area contributed by atoms with Gasteiger partial charge in [-0.15, -0.1) is 0 Å². The molecule has 20 heavy (non-hydrogen) atoms. The minimum atomic E-state index is 0.218. The maximum absolute atomic E-state index is 12.0. The lowest BCUT2D eigenvalue weighted by atomic mass is 9.80. The van der Waals surface area contributed by atoms with Crippen molar-refractivity contribution in [1.82, 2.24) is 4.90 Å². The standard InChI is InChI=1S/C18H33NO/c1-4-15-5-7-16(8-6-15)13-19-11-9-17(10-12-19)18(20)14(2)3/h14-17H,4-13H2,1-3H3. The second-order valence-electron chi connectivity index (χ2n) is 7.43. The van der Waals surface area contributed by atoms with Crippen molar-refractivity contribution in [3.63, 3.8) is 0 Å². The van der Waals surface area contributed by atoms with E-state index in [4.69, 9.17) is 0 Å². The Morgan fingerprint density at radius 2 is 1.55 bits per heavy atom. The molecule has 0 spiro atoms. The molecule has 0 radical (unpaired) electrons. The van der Waals surface area contributed by atoms with E-state index in [0.717, 1.165) is 37.8 Å². The number of likely N-dealkylation sites (tertiary alicyclic amines) is 1. The van der Waals surface area contributed by atoms with E-state index < -0.39 is 0 Å². The third-order valence-corrected chi connectivity index (χ3v) is 5.62. The molecule has 0 atom stereocenters. The number of carbonyl (C=O) groups excluding carboxylic acids is 1. The summed E-state index contributed by atoms with van der Waals surface area (Å²) in [6.45, 7) is 10.0. The summed E-state index contributed by atoms with van der Waals surface area (Å²) in [5.41, 5.74) is 0. The lowest BCUT2D eigenvalue weighted by molar-refractivity contribution is -0.127. The molecule has 1 saturated carbocycles. The zero-order valence-corrected chi connectivity index (χ0v) is 13.7. The summed E-state index contributed by atoms with van der Waals surface area (Å²) in [4.78, 5) is 14.7. The first kappa shape index (κ1) is 16.0. The van der Waals surface area contributed by atoms with Gasteiger partial charge in [0.2, 0.25) is 0 Å². The highest BCUT2D eigenvalue weighted by molar-refractivity contribution is 5.82. The second kappa shape index (κ2) is 7.59. The van der Waals surface area contributed by atoms with Gasteiger partial charge in [-0.2, -0.15) is 0 Å². The number of nitrogens with zero attached hydrogens (tertiary/aromatic N) is 1. The molecule has 0 N–H and O–H groups in total. The summed E-state index contributed by atoms with van der Waals surface area (Å²) < 4.78 is 0. The third kappa shape index (κ3) is 4.31. The number of ketones is 1. The van der Waals surface area contributed by atoms with Crippen molar-refractivity contribution in [1.29, 1.82) is 0 Å². The zero-order valence-electron chi connectivity index (χ0n) is 13.7. The molecule has 2 rings (SSSR count). The second-order valence-corrected chi connectivity index (χ2v) is 7.43. The Morgan fingerprint density at radius 3 is 2.05 bits per heavy atom. The van der Waals surface area contributed by atoms with Gasteiger partial charge >= 0.3 is 0 Å². The molecule has 1 saturated heterocycles. The lowest BCUT2D eigenvalue weighted by Gasteiger charge is -2.36. The molecular weight excluding hydrogens is 246 g/mol. The van der Waals surface area contributed by atoms with Gasteiger partial charge in [0.05, 0.1) is 0 Å². The number of carbonyl (C=O) groups is 1. The lowest BCUT2D eigenvalue weighted by Crippen LogP contribution is -2.40. The smallest absolute Gasteiger partial charge is 0.138 e. The van der Waals surface area contributed by atoms with Crippen LogP contribution in [-0.4, -0.2) is 30.3 Å². The van der Waals surface area contributed by atoms with Crippen LogP contribution in [0.1, 0.15) is 65.7 Å². The largest absolute Gasteiger partial charge is 0.303 e. The molecule has 2 nitrogen and oxygen atoms in total. The van der Waals surface area contributed by atoms with Gasteiger partial charge in [-0.1, -0.05) is 40.0 Å². The maximum Gasteiger partial charge on any atom is 0.138 e. The Hall–Kier alpha value is -0.370. The molecule has 0 unspecified atom stereocenters. The van der Waals surface area contributed by atoms with Gasteiger partial charge in [-0.25, -0.2) is 0 Å². The summed E-state index contributed by atoms with van der Waals surface area (Å²) in [5.74, 6) is 2.99. The first-order valence-electron chi connectivity index (χ1n) is 8.86.